The number of pyridine rings is 2. The zero-order valence-corrected chi connectivity index (χ0v) is 21.2. The van der Waals surface area contributed by atoms with Gasteiger partial charge in [-0.3, -0.25) is 24.7 Å². The second kappa shape index (κ2) is 28.6. The van der Waals surface area contributed by atoms with E-state index in [0.29, 0.717) is 44.5 Å². The quantitative estimate of drug-likeness (QED) is 0.183. The number of carbonyl (C=O) groups excluding carboxylic acids is 1. The second-order valence-electron chi connectivity index (χ2n) is 5.84. The summed E-state index contributed by atoms with van der Waals surface area (Å²) >= 11 is 0. The van der Waals surface area contributed by atoms with Crippen molar-refractivity contribution >= 4 is 17.5 Å². The Hall–Kier alpha value is -3.40. The van der Waals surface area contributed by atoms with Crippen LogP contribution in [-0.2, 0) is 38.9 Å². The summed E-state index contributed by atoms with van der Waals surface area (Å²) in [5, 5.41) is 48.8. The normalized spacial score (nSPS) is 10.1. The molecule has 2 aromatic heterocycles. The molecule has 0 aliphatic heterocycles. The van der Waals surface area contributed by atoms with Gasteiger partial charge in [-0.25, -0.2) is 10.5 Å². The zero-order valence-electron chi connectivity index (χ0n) is 19.0. The summed E-state index contributed by atoms with van der Waals surface area (Å²) in [6, 6.07) is 11.4. The summed E-state index contributed by atoms with van der Waals surface area (Å²) in [6.07, 6.45) is 5.37. The largest absolute Gasteiger partial charge is 2.00 e. The van der Waals surface area contributed by atoms with E-state index in [1.165, 1.54) is 0 Å². The summed E-state index contributed by atoms with van der Waals surface area (Å²) in [5.41, 5.74) is 3.45. The summed E-state index contributed by atoms with van der Waals surface area (Å²) in [6.45, 7) is 4.89. The van der Waals surface area contributed by atoms with Crippen molar-refractivity contribution in [2.24, 2.45) is 9.98 Å². The van der Waals surface area contributed by atoms with Gasteiger partial charge < -0.3 is 20.7 Å². The molecular formula is C22H23Fe2N7O4. The number of nitriles is 2. The van der Waals surface area contributed by atoms with Crippen LogP contribution < -0.4 is 15.3 Å². The Balaban J connectivity index is -0.000000381. The van der Waals surface area contributed by atoms with Crippen LogP contribution in [0, 0.1) is 23.0 Å². The molecule has 0 aliphatic carbocycles. The Kier molecular flexibility index (Phi) is 31.8. The molecule has 0 aliphatic rings. The fourth-order valence-corrected chi connectivity index (χ4v) is 2.21. The first-order valence-corrected chi connectivity index (χ1v) is 9.46. The van der Waals surface area contributed by atoms with E-state index < -0.39 is 6.10 Å². The molecule has 0 atom stereocenters. The smallest absolute Gasteiger partial charge is 0.852 e. The fourth-order valence-electron chi connectivity index (χ4n) is 2.21. The maximum atomic E-state index is 12.0. The maximum Gasteiger partial charge on any atom is 2.00 e. The van der Waals surface area contributed by atoms with Crippen LogP contribution in [-0.4, -0.2) is 46.7 Å². The average molecular weight is 561 g/mol. The summed E-state index contributed by atoms with van der Waals surface area (Å²) < 4.78 is 0. The van der Waals surface area contributed by atoms with Crippen molar-refractivity contribution in [3.8, 4) is 12.5 Å². The molecule has 0 amide bonds. The maximum absolute atomic E-state index is 12.0. The molecule has 0 radical (unpaired) electrons. The van der Waals surface area contributed by atoms with E-state index in [0.717, 1.165) is 22.8 Å². The molecule has 0 bridgehead atoms. The molecule has 0 saturated heterocycles. The van der Waals surface area contributed by atoms with Gasteiger partial charge in [-0.1, -0.05) is 12.1 Å². The van der Waals surface area contributed by atoms with Gasteiger partial charge in [0, 0.05) is 38.0 Å². The van der Waals surface area contributed by atoms with E-state index >= 15 is 0 Å². The van der Waals surface area contributed by atoms with Crippen LogP contribution in [0.1, 0.15) is 38.1 Å². The molecule has 2 rings (SSSR count). The molecule has 11 nitrogen and oxygen atoms in total. The summed E-state index contributed by atoms with van der Waals surface area (Å²) in [7, 11) is 0. The van der Waals surface area contributed by atoms with Gasteiger partial charge in [0.2, 0.25) is 0 Å². The number of hydrogen-bond donors (Lipinski definition) is 0. The van der Waals surface area contributed by atoms with Gasteiger partial charge in [-0.15, -0.1) is 6.10 Å². The van der Waals surface area contributed by atoms with Gasteiger partial charge in [-0.2, -0.15) is 0 Å². The van der Waals surface area contributed by atoms with E-state index in [9.17, 15) is 5.11 Å². The predicted molar refractivity (Wildman–Crippen MR) is 116 cm³/mol. The van der Waals surface area contributed by atoms with E-state index in [1.807, 2.05) is 50.2 Å². The first-order chi connectivity index (χ1) is 15.9. The monoisotopic (exact) mass is 561 g/mol. The summed E-state index contributed by atoms with van der Waals surface area (Å²) in [4.78, 5) is 25.6. The Morgan fingerprint density at radius 2 is 1.23 bits per heavy atom. The van der Waals surface area contributed by atoms with Crippen molar-refractivity contribution in [1.82, 2.24) is 9.97 Å². The molecule has 2 heterocycles. The Morgan fingerprint density at radius 3 is 1.49 bits per heavy atom. The van der Waals surface area contributed by atoms with Crippen LogP contribution in [0.5, 0.6) is 0 Å². The Bertz CT molecular complexity index is 870. The van der Waals surface area contributed by atoms with Crippen LogP contribution in [0.4, 0.5) is 0 Å². The number of isocyanates is 1. The zero-order chi connectivity index (χ0) is 25.3. The van der Waals surface area contributed by atoms with Gasteiger partial charge in [0.05, 0.1) is 22.8 Å². The van der Waals surface area contributed by atoms with Crippen molar-refractivity contribution in [1.29, 1.82) is 10.5 Å². The number of aromatic nitrogens is 2. The summed E-state index contributed by atoms with van der Waals surface area (Å²) in [5.74, 6) is 0. The second-order valence-corrected chi connectivity index (χ2v) is 5.84. The third-order valence-corrected chi connectivity index (χ3v) is 3.67. The van der Waals surface area contributed by atoms with Crippen LogP contribution in [0.15, 0.2) is 58.8 Å². The van der Waals surface area contributed by atoms with Crippen LogP contribution in [0.3, 0.4) is 0 Å². The predicted octanol–water partition coefficient (Wildman–Crippen LogP) is -0.154. The molecule has 2 aromatic rings. The molecule has 0 fully saturated rings. The number of aliphatic imine (C=N–C) groups is 2. The molecular weight excluding hydrogens is 538 g/mol. The van der Waals surface area contributed by atoms with E-state index in [1.54, 1.807) is 12.4 Å². The molecule has 13 heteroatoms. The van der Waals surface area contributed by atoms with E-state index in [-0.39, 0.29) is 34.1 Å². The topological polar surface area (TPSA) is 207 Å². The molecule has 35 heavy (non-hydrogen) atoms. The van der Waals surface area contributed by atoms with E-state index in [4.69, 9.17) is 30.9 Å². The van der Waals surface area contributed by atoms with Gasteiger partial charge >= 0.3 is 34.1 Å². The third kappa shape index (κ3) is 23.6. The van der Waals surface area contributed by atoms with Crippen LogP contribution in [0.2, 0.25) is 0 Å². The van der Waals surface area contributed by atoms with Crippen molar-refractivity contribution in [3.63, 3.8) is 0 Å². The minimum Gasteiger partial charge on any atom is -0.852 e. The minimum absolute atomic E-state index is 0. The average Bonchev–Trinajstić information content (AvgIpc) is 2.81. The first-order valence-electron chi connectivity index (χ1n) is 9.46. The molecule has 0 unspecified atom stereocenters. The Morgan fingerprint density at radius 1 is 0.914 bits per heavy atom. The SMILES string of the molecule is CC(=NCCC([O-])CCN=C(C)c1ccccn1)c1ccccn1.N#C[O-].N#C[O-].[Fe+2].[Fe+2].[N-]=C=O. The van der Waals surface area contributed by atoms with Crippen molar-refractivity contribution < 1.29 is 54.3 Å². The van der Waals surface area contributed by atoms with Crippen molar-refractivity contribution in [3.05, 3.63) is 65.6 Å². The first kappa shape index (κ1) is 38.8. The standard InChI is InChI=1S/C19H23N4O.2CHNO.CNO.2Fe/c1-15(18-7-3-5-11-22-18)20-13-9-17(24)10-14-21-16(2)19-8-4-6-12-23-19;3*2-1-3;;/h3-8,11-12,17H,9-10,13-14H2,1-2H3;2*3H;;;/q-1;;;-1;2*+2/p-2. The van der Waals surface area contributed by atoms with Crippen molar-refractivity contribution in [2.45, 2.75) is 32.8 Å². The number of rotatable bonds is 8. The molecule has 0 aromatic carbocycles. The third-order valence-electron chi connectivity index (χ3n) is 3.67. The number of hydrogen-bond acceptors (Lipinski definition) is 10. The molecule has 0 spiro atoms. The fraction of sp³-hybridized carbons (Fsp3) is 0.318. The minimum atomic E-state index is -0.648. The Labute approximate surface area is 225 Å². The molecule has 186 valence electrons. The van der Waals surface area contributed by atoms with Crippen LogP contribution in [0.25, 0.3) is 5.41 Å². The van der Waals surface area contributed by atoms with E-state index in [2.05, 4.69) is 20.0 Å². The number of nitrogens with zero attached hydrogens (tertiary/aromatic N) is 7. The van der Waals surface area contributed by atoms with Gasteiger partial charge in [-0.05, 0) is 57.0 Å². The molecule has 0 N–H and O–H groups in total. The van der Waals surface area contributed by atoms with Crippen LogP contribution >= 0.6 is 0 Å². The van der Waals surface area contributed by atoms with Gasteiger partial charge in [0.1, 0.15) is 0 Å². The van der Waals surface area contributed by atoms with Gasteiger partial charge in [0.15, 0.2) is 0 Å². The molecule has 0 saturated carbocycles. The van der Waals surface area contributed by atoms with Crippen molar-refractivity contribution in [2.75, 3.05) is 13.1 Å². The van der Waals surface area contributed by atoms with Gasteiger partial charge in [0.25, 0.3) is 0 Å².